The second-order valence-electron chi connectivity index (χ2n) is 4.34. The summed E-state index contributed by atoms with van der Waals surface area (Å²) in [6.07, 6.45) is 0. The highest BCUT2D eigenvalue weighted by atomic mass is 16.5. The van der Waals surface area contributed by atoms with Crippen LogP contribution in [-0.2, 0) is 16.0 Å². The Morgan fingerprint density at radius 2 is 2.18 bits per heavy atom. The molecule has 94 valence electrons. The van der Waals surface area contributed by atoms with Crippen LogP contribution in [0.3, 0.4) is 0 Å². The summed E-state index contributed by atoms with van der Waals surface area (Å²) >= 11 is 0. The molecule has 0 radical (unpaired) electrons. The Hall–Kier alpha value is -0.900. The molecule has 0 bridgehead atoms. The zero-order valence-corrected chi connectivity index (χ0v) is 10.5. The highest BCUT2D eigenvalue weighted by Gasteiger charge is 2.22. The van der Waals surface area contributed by atoms with Crippen LogP contribution in [-0.4, -0.2) is 43.9 Å². The van der Waals surface area contributed by atoms with Crippen molar-refractivity contribution in [3.05, 3.63) is 35.9 Å². The van der Waals surface area contributed by atoms with Crippen molar-refractivity contribution in [3.8, 4) is 0 Å². The summed E-state index contributed by atoms with van der Waals surface area (Å²) in [6, 6.07) is 11.0. The molecule has 0 aliphatic carbocycles. The van der Waals surface area contributed by atoms with Crippen molar-refractivity contribution in [2.75, 3.05) is 33.0 Å². The molecule has 1 aromatic rings. The quantitative estimate of drug-likeness (QED) is 0.778. The van der Waals surface area contributed by atoms with E-state index >= 15 is 0 Å². The van der Waals surface area contributed by atoms with Crippen LogP contribution in [0.4, 0.5) is 0 Å². The maximum Gasteiger partial charge on any atom is 0.0645 e. The van der Waals surface area contributed by atoms with Crippen LogP contribution in [0.15, 0.2) is 30.3 Å². The standard InChI is InChI=1S/C14H21NO2/c1-2-16-11-14-12-17-9-8-15(14)10-13-6-4-3-5-7-13/h3-7,14H,2,8-12H2,1H3/t14-/m0/s1. The molecule has 0 amide bonds. The molecule has 2 rings (SSSR count). The van der Waals surface area contributed by atoms with Crippen molar-refractivity contribution in [3.63, 3.8) is 0 Å². The van der Waals surface area contributed by atoms with Gasteiger partial charge in [-0.3, -0.25) is 4.90 Å². The molecule has 1 heterocycles. The maximum absolute atomic E-state index is 5.53. The van der Waals surface area contributed by atoms with E-state index in [-0.39, 0.29) is 0 Å². The molecule has 0 spiro atoms. The summed E-state index contributed by atoms with van der Waals surface area (Å²) in [6.45, 7) is 7.17. The minimum atomic E-state index is 0.393. The molecule has 1 aliphatic rings. The average Bonchev–Trinajstić information content (AvgIpc) is 2.39. The molecule has 17 heavy (non-hydrogen) atoms. The zero-order chi connectivity index (χ0) is 11.9. The lowest BCUT2D eigenvalue weighted by Gasteiger charge is -2.35. The molecule has 1 aliphatic heterocycles. The number of nitrogens with zero attached hydrogens (tertiary/aromatic N) is 1. The first-order valence-corrected chi connectivity index (χ1v) is 6.33. The molecule has 1 fully saturated rings. The fraction of sp³-hybridized carbons (Fsp3) is 0.571. The summed E-state index contributed by atoms with van der Waals surface area (Å²) in [5.74, 6) is 0. The van der Waals surface area contributed by atoms with Gasteiger partial charge < -0.3 is 9.47 Å². The van der Waals surface area contributed by atoms with Gasteiger partial charge >= 0.3 is 0 Å². The minimum Gasteiger partial charge on any atom is -0.380 e. The molecular weight excluding hydrogens is 214 g/mol. The Morgan fingerprint density at radius 3 is 2.94 bits per heavy atom. The third-order valence-corrected chi connectivity index (χ3v) is 3.09. The third kappa shape index (κ3) is 3.80. The number of ether oxygens (including phenoxy) is 2. The Balaban J connectivity index is 1.92. The highest BCUT2D eigenvalue weighted by Crippen LogP contribution is 2.12. The number of benzene rings is 1. The number of morpholine rings is 1. The Morgan fingerprint density at radius 1 is 1.35 bits per heavy atom. The van der Waals surface area contributed by atoms with Crippen LogP contribution in [0.2, 0.25) is 0 Å². The van der Waals surface area contributed by atoms with E-state index < -0.39 is 0 Å². The largest absolute Gasteiger partial charge is 0.380 e. The number of hydrogen-bond acceptors (Lipinski definition) is 3. The van der Waals surface area contributed by atoms with Crippen LogP contribution in [0, 0.1) is 0 Å². The summed E-state index contributed by atoms with van der Waals surface area (Å²) < 4.78 is 11.0. The van der Waals surface area contributed by atoms with Gasteiger partial charge in [0.05, 0.1) is 25.9 Å². The topological polar surface area (TPSA) is 21.7 Å². The predicted octanol–water partition coefficient (Wildman–Crippen LogP) is 1.92. The van der Waals surface area contributed by atoms with Crippen molar-refractivity contribution in [1.82, 2.24) is 4.90 Å². The van der Waals surface area contributed by atoms with E-state index in [2.05, 4.69) is 35.2 Å². The van der Waals surface area contributed by atoms with E-state index in [0.717, 1.165) is 39.5 Å². The van der Waals surface area contributed by atoms with Gasteiger partial charge in [0, 0.05) is 19.7 Å². The van der Waals surface area contributed by atoms with Crippen LogP contribution in [0.5, 0.6) is 0 Å². The smallest absolute Gasteiger partial charge is 0.0645 e. The third-order valence-electron chi connectivity index (χ3n) is 3.09. The van der Waals surface area contributed by atoms with Crippen molar-refractivity contribution in [2.24, 2.45) is 0 Å². The lowest BCUT2D eigenvalue weighted by molar-refractivity contribution is -0.0448. The molecule has 1 aromatic carbocycles. The molecule has 1 atom stereocenters. The zero-order valence-electron chi connectivity index (χ0n) is 10.5. The summed E-state index contributed by atoms with van der Waals surface area (Å²) in [5.41, 5.74) is 1.36. The Bertz CT molecular complexity index is 315. The molecule has 3 heteroatoms. The lowest BCUT2D eigenvalue weighted by atomic mass is 10.1. The van der Waals surface area contributed by atoms with E-state index in [1.807, 2.05) is 6.92 Å². The molecule has 3 nitrogen and oxygen atoms in total. The van der Waals surface area contributed by atoms with Crippen molar-refractivity contribution in [2.45, 2.75) is 19.5 Å². The summed E-state index contributed by atoms with van der Waals surface area (Å²) in [7, 11) is 0. The van der Waals surface area contributed by atoms with Gasteiger partial charge in [-0.05, 0) is 12.5 Å². The van der Waals surface area contributed by atoms with Crippen molar-refractivity contribution < 1.29 is 9.47 Å². The van der Waals surface area contributed by atoms with Crippen molar-refractivity contribution in [1.29, 1.82) is 0 Å². The van der Waals surface area contributed by atoms with Gasteiger partial charge in [-0.25, -0.2) is 0 Å². The van der Waals surface area contributed by atoms with E-state index in [0.29, 0.717) is 6.04 Å². The molecule has 0 saturated carbocycles. The first-order valence-electron chi connectivity index (χ1n) is 6.33. The van der Waals surface area contributed by atoms with E-state index in [9.17, 15) is 0 Å². The molecule has 0 aromatic heterocycles. The van der Waals surface area contributed by atoms with Gasteiger partial charge in [0.2, 0.25) is 0 Å². The van der Waals surface area contributed by atoms with Gasteiger partial charge in [0.15, 0.2) is 0 Å². The van der Waals surface area contributed by atoms with Gasteiger partial charge in [-0.15, -0.1) is 0 Å². The number of rotatable bonds is 5. The lowest BCUT2D eigenvalue weighted by Crippen LogP contribution is -2.47. The van der Waals surface area contributed by atoms with E-state index in [1.54, 1.807) is 0 Å². The minimum absolute atomic E-state index is 0.393. The maximum atomic E-state index is 5.53. The predicted molar refractivity (Wildman–Crippen MR) is 68.0 cm³/mol. The SMILES string of the molecule is CCOC[C@H]1COCCN1Cc1ccccc1. The Kier molecular flexibility index (Phi) is 4.98. The molecular formula is C14H21NO2. The Labute approximate surface area is 103 Å². The monoisotopic (exact) mass is 235 g/mol. The van der Waals surface area contributed by atoms with Crippen LogP contribution >= 0.6 is 0 Å². The van der Waals surface area contributed by atoms with Crippen LogP contribution in [0.1, 0.15) is 12.5 Å². The second-order valence-corrected chi connectivity index (χ2v) is 4.34. The van der Waals surface area contributed by atoms with E-state index in [1.165, 1.54) is 5.56 Å². The summed E-state index contributed by atoms with van der Waals surface area (Å²) in [5, 5.41) is 0. The van der Waals surface area contributed by atoms with Crippen LogP contribution in [0.25, 0.3) is 0 Å². The molecule has 0 unspecified atom stereocenters. The summed E-state index contributed by atoms with van der Waals surface area (Å²) in [4.78, 5) is 2.45. The van der Waals surface area contributed by atoms with Gasteiger partial charge in [0.1, 0.15) is 0 Å². The van der Waals surface area contributed by atoms with E-state index in [4.69, 9.17) is 9.47 Å². The fourth-order valence-electron chi connectivity index (χ4n) is 2.12. The average molecular weight is 235 g/mol. The number of hydrogen-bond donors (Lipinski definition) is 0. The molecule has 1 saturated heterocycles. The second kappa shape index (κ2) is 6.74. The highest BCUT2D eigenvalue weighted by molar-refractivity contribution is 5.14. The van der Waals surface area contributed by atoms with Gasteiger partial charge in [-0.1, -0.05) is 30.3 Å². The van der Waals surface area contributed by atoms with Gasteiger partial charge in [-0.2, -0.15) is 0 Å². The van der Waals surface area contributed by atoms with Crippen molar-refractivity contribution >= 4 is 0 Å². The molecule has 0 N–H and O–H groups in total. The normalized spacial score (nSPS) is 21.6. The van der Waals surface area contributed by atoms with Crippen LogP contribution < -0.4 is 0 Å². The van der Waals surface area contributed by atoms with Gasteiger partial charge in [0.25, 0.3) is 0 Å². The fourth-order valence-corrected chi connectivity index (χ4v) is 2.12. The first kappa shape index (κ1) is 12.6. The first-order chi connectivity index (χ1) is 8.40.